The zero-order valence-electron chi connectivity index (χ0n) is 17.3. The van der Waals surface area contributed by atoms with Gasteiger partial charge in [-0.15, -0.1) is 11.3 Å². The van der Waals surface area contributed by atoms with E-state index in [2.05, 4.69) is 51.7 Å². The molecule has 144 valence electrons. The van der Waals surface area contributed by atoms with Crippen LogP contribution in [0.2, 0.25) is 0 Å². The summed E-state index contributed by atoms with van der Waals surface area (Å²) < 4.78 is 0. The van der Waals surface area contributed by atoms with E-state index in [0.717, 1.165) is 39.2 Å². The Balaban J connectivity index is 1.75. The minimum absolute atomic E-state index is 0.230. The molecule has 28 heavy (non-hydrogen) atoms. The van der Waals surface area contributed by atoms with Crippen LogP contribution in [0.1, 0.15) is 55.0 Å². The van der Waals surface area contributed by atoms with Crippen LogP contribution in [0.25, 0.3) is 0 Å². The number of carbonyl (C=O) groups is 1. The van der Waals surface area contributed by atoms with Gasteiger partial charge in [-0.25, -0.2) is 0 Å². The van der Waals surface area contributed by atoms with E-state index in [9.17, 15) is 4.79 Å². The maximum absolute atomic E-state index is 13.0. The monoisotopic (exact) mass is 389 g/mol. The highest BCUT2D eigenvalue weighted by atomic mass is 32.1. The summed E-state index contributed by atoms with van der Waals surface area (Å²) in [6.45, 7) is 10.5. The highest BCUT2D eigenvalue weighted by molar-refractivity contribution is 7.11. The predicted molar refractivity (Wildman–Crippen MR) is 121 cm³/mol. The first kappa shape index (κ1) is 20.2. The number of benzene rings is 2. The summed E-state index contributed by atoms with van der Waals surface area (Å²) in [5.74, 6) is 0.230. The number of rotatable bonds is 6. The molecule has 0 amide bonds. The normalized spacial score (nSPS) is 11.3. The van der Waals surface area contributed by atoms with Gasteiger partial charge in [0.1, 0.15) is 0 Å². The van der Waals surface area contributed by atoms with E-state index < -0.39 is 0 Å². The molecule has 0 aliphatic carbocycles. The van der Waals surface area contributed by atoms with Crippen LogP contribution in [0.15, 0.2) is 46.8 Å². The molecule has 0 aliphatic heterocycles. The van der Waals surface area contributed by atoms with Gasteiger partial charge >= 0.3 is 0 Å². The lowest BCUT2D eigenvalue weighted by molar-refractivity contribution is 0.0981. The molecule has 0 unspecified atom stereocenters. The first-order chi connectivity index (χ1) is 13.4. The van der Waals surface area contributed by atoms with Gasteiger partial charge in [0.05, 0.1) is 5.69 Å². The summed E-state index contributed by atoms with van der Waals surface area (Å²) in [6, 6.07) is 12.2. The van der Waals surface area contributed by atoms with Crippen LogP contribution in [-0.2, 0) is 6.42 Å². The highest BCUT2D eigenvalue weighted by Gasteiger charge is 2.18. The predicted octanol–water partition coefficient (Wildman–Crippen LogP) is 6.86. The third-order valence-corrected chi connectivity index (χ3v) is 6.52. The Bertz CT molecular complexity index is 1000. The molecule has 1 heterocycles. The van der Waals surface area contributed by atoms with Gasteiger partial charge in [-0.1, -0.05) is 18.2 Å². The number of hydrogen-bond donors (Lipinski definition) is 0. The fourth-order valence-electron chi connectivity index (χ4n) is 3.60. The minimum Gasteiger partial charge on any atom is -0.294 e. The van der Waals surface area contributed by atoms with E-state index >= 15 is 0 Å². The van der Waals surface area contributed by atoms with E-state index in [-0.39, 0.29) is 5.78 Å². The zero-order chi connectivity index (χ0) is 20.3. The Kier molecular flexibility index (Phi) is 6.25. The third kappa shape index (κ3) is 4.31. The smallest absolute Gasteiger partial charge is 0.163 e. The summed E-state index contributed by atoms with van der Waals surface area (Å²) in [5, 5.41) is 2.04. The summed E-state index contributed by atoms with van der Waals surface area (Å²) >= 11 is 1.67. The minimum atomic E-state index is 0.230. The second-order valence-electron chi connectivity index (χ2n) is 7.37. The van der Waals surface area contributed by atoms with Crippen molar-refractivity contribution < 1.29 is 4.79 Å². The molecular formula is C25H27NOS. The number of hydrogen-bond acceptors (Lipinski definition) is 3. The number of aliphatic imine (C=N–C) groups is 1. The fraction of sp³-hybridized carbons (Fsp3) is 0.280. The van der Waals surface area contributed by atoms with Crippen molar-refractivity contribution in [3.63, 3.8) is 0 Å². The molecule has 0 saturated carbocycles. The van der Waals surface area contributed by atoms with E-state index in [1.165, 1.54) is 16.7 Å². The first-order valence-corrected chi connectivity index (χ1v) is 10.5. The van der Waals surface area contributed by atoms with Crippen molar-refractivity contribution in [3.05, 3.63) is 85.6 Å². The maximum Gasteiger partial charge on any atom is 0.163 e. The second kappa shape index (κ2) is 8.66. The van der Waals surface area contributed by atoms with Crippen molar-refractivity contribution in [2.45, 2.75) is 47.5 Å². The molecule has 0 radical (unpaired) electrons. The molecular weight excluding hydrogens is 362 g/mol. The summed E-state index contributed by atoms with van der Waals surface area (Å²) in [4.78, 5) is 18.7. The average Bonchev–Trinajstić information content (AvgIpc) is 3.22. The summed E-state index contributed by atoms with van der Waals surface area (Å²) in [6.07, 6.45) is 3.13. The second-order valence-corrected chi connectivity index (χ2v) is 8.35. The Morgan fingerprint density at radius 3 is 2.25 bits per heavy atom. The van der Waals surface area contributed by atoms with Gasteiger partial charge in [0, 0.05) is 23.1 Å². The van der Waals surface area contributed by atoms with Gasteiger partial charge < -0.3 is 0 Å². The number of carbonyl (C=O) groups excluding carboxylic acids is 1. The number of ketones is 1. The van der Waals surface area contributed by atoms with Gasteiger partial charge in [-0.3, -0.25) is 9.79 Å². The lowest BCUT2D eigenvalue weighted by Crippen LogP contribution is -2.10. The van der Waals surface area contributed by atoms with Crippen LogP contribution < -0.4 is 0 Å². The Hall–Kier alpha value is -2.52. The zero-order valence-corrected chi connectivity index (χ0v) is 18.1. The van der Waals surface area contributed by atoms with E-state index in [4.69, 9.17) is 0 Å². The SMILES string of the molecule is Cc1c(C)c(C)c(C(=O)CCc2cccc(N=Cc3cccs3)c2)c(C)c1C. The van der Waals surface area contributed by atoms with Crippen molar-refractivity contribution in [3.8, 4) is 0 Å². The summed E-state index contributed by atoms with van der Waals surface area (Å²) in [7, 11) is 0. The van der Waals surface area contributed by atoms with E-state index in [0.29, 0.717) is 6.42 Å². The molecule has 3 heteroatoms. The van der Waals surface area contributed by atoms with Crippen LogP contribution in [-0.4, -0.2) is 12.0 Å². The van der Waals surface area contributed by atoms with Gasteiger partial charge in [-0.2, -0.15) is 0 Å². The molecule has 2 aromatic carbocycles. The van der Waals surface area contributed by atoms with Crippen molar-refractivity contribution in [1.82, 2.24) is 0 Å². The Morgan fingerprint density at radius 2 is 1.61 bits per heavy atom. The number of Topliss-reactive ketones (excluding diaryl/α,β-unsaturated/α-hetero) is 1. The molecule has 1 aromatic heterocycles. The molecule has 0 fully saturated rings. The van der Waals surface area contributed by atoms with Crippen molar-refractivity contribution in [2.75, 3.05) is 0 Å². The van der Waals surface area contributed by atoms with Crippen molar-refractivity contribution in [2.24, 2.45) is 4.99 Å². The number of nitrogens with zero attached hydrogens (tertiary/aromatic N) is 1. The Labute approximate surface area is 172 Å². The van der Waals surface area contributed by atoms with E-state index in [1.54, 1.807) is 11.3 Å². The molecule has 3 rings (SSSR count). The molecule has 3 aromatic rings. The first-order valence-electron chi connectivity index (χ1n) is 9.65. The molecule has 2 nitrogen and oxygen atoms in total. The van der Waals surface area contributed by atoms with Crippen LogP contribution in [0.3, 0.4) is 0 Å². The molecule has 0 aliphatic rings. The van der Waals surface area contributed by atoms with Crippen LogP contribution in [0.5, 0.6) is 0 Å². The Morgan fingerprint density at radius 1 is 0.929 bits per heavy atom. The maximum atomic E-state index is 13.0. The van der Waals surface area contributed by atoms with E-state index in [1.807, 2.05) is 35.9 Å². The summed E-state index contributed by atoms with van der Waals surface area (Å²) in [5.41, 5.74) is 8.99. The van der Waals surface area contributed by atoms with Crippen LogP contribution >= 0.6 is 11.3 Å². The molecule has 0 atom stereocenters. The number of thiophene rings is 1. The highest BCUT2D eigenvalue weighted by Crippen LogP contribution is 2.27. The lowest BCUT2D eigenvalue weighted by Gasteiger charge is -2.18. The molecule has 0 N–H and O–H groups in total. The van der Waals surface area contributed by atoms with Crippen molar-refractivity contribution in [1.29, 1.82) is 0 Å². The van der Waals surface area contributed by atoms with Gasteiger partial charge in [0.15, 0.2) is 5.78 Å². The quantitative estimate of drug-likeness (QED) is 0.334. The lowest BCUT2D eigenvalue weighted by atomic mass is 9.86. The van der Waals surface area contributed by atoms with Gasteiger partial charge in [-0.05, 0) is 98.0 Å². The third-order valence-electron chi connectivity index (χ3n) is 5.71. The average molecular weight is 390 g/mol. The van der Waals surface area contributed by atoms with Crippen LogP contribution in [0, 0.1) is 34.6 Å². The number of aryl methyl sites for hydroxylation is 1. The molecule has 0 spiro atoms. The van der Waals surface area contributed by atoms with Gasteiger partial charge in [0.25, 0.3) is 0 Å². The molecule has 0 saturated heterocycles. The largest absolute Gasteiger partial charge is 0.294 e. The fourth-order valence-corrected chi connectivity index (χ4v) is 4.18. The van der Waals surface area contributed by atoms with Crippen molar-refractivity contribution >= 4 is 29.0 Å². The molecule has 0 bridgehead atoms. The topological polar surface area (TPSA) is 29.4 Å². The standard InChI is InChI=1S/C25H27NOS/c1-16-17(2)19(4)25(20(5)18(16)3)24(27)12-11-21-8-6-9-22(14-21)26-15-23-10-7-13-28-23/h6-10,13-15H,11-12H2,1-5H3. The van der Waals surface area contributed by atoms with Gasteiger partial charge in [0.2, 0.25) is 0 Å². The van der Waals surface area contributed by atoms with Crippen LogP contribution in [0.4, 0.5) is 5.69 Å².